The van der Waals surface area contributed by atoms with Crippen LogP contribution in [0.15, 0.2) is 18.5 Å². The number of carboxylic acid groups (broad SMARTS) is 1. The van der Waals surface area contributed by atoms with Gasteiger partial charge in [0.15, 0.2) is 0 Å². The molecule has 0 bridgehead atoms. The van der Waals surface area contributed by atoms with Crippen molar-refractivity contribution in [1.29, 1.82) is 0 Å². The van der Waals surface area contributed by atoms with Crippen molar-refractivity contribution in [2.24, 2.45) is 0 Å². The molecule has 0 fully saturated rings. The van der Waals surface area contributed by atoms with Gasteiger partial charge in [0.1, 0.15) is 5.56 Å². The lowest BCUT2D eigenvalue weighted by Gasteiger charge is -2.12. The maximum atomic E-state index is 11.5. The zero-order chi connectivity index (χ0) is 14.3. The van der Waals surface area contributed by atoms with E-state index < -0.39 is 5.97 Å². The number of carbonyl (C=O) groups is 2. The van der Waals surface area contributed by atoms with Crippen molar-refractivity contribution < 1.29 is 14.7 Å². The number of nitrogens with one attached hydrogen (secondary N) is 2. The van der Waals surface area contributed by atoms with Gasteiger partial charge in [-0.05, 0) is 19.4 Å². The first-order valence-corrected chi connectivity index (χ1v) is 6.25. The number of hydrogen-bond donors (Lipinski definition) is 3. The molecule has 0 spiro atoms. The fourth-order valence-corrected chi connectivity index (χ4v) is 1.48. The first kappa shape index (κ1) is 14.9. The van der Waals surface area contributed by atoms with Crippen LogP contribution in [0.25, 0.3) is 0 Å². The summed E-state index contributed by atoms with van der Waals surface area (Å²) in [5.41, 5.74) is 0.573. The zero-order valence-corrected chi connectivity index (χ0v) is 11.1. The lowest BCUT2D eigenvalue weighted by molar-refractivity contribution is -0.121. The predicted molar refractivity (Wildman–Crippen MR) is 72.2 cm³/mol. The monoisotopic (exact) mass is 265 g/mol. The van der Waals surface area contributed by atoms with Crippen LogP contribution < -0.4 is 10.6 Å². The summed E-state index contributed by atoms with van der Waals surface area (Å²) < 4.78 is 0. The highest BCUT2D eigenvalue weighted by Crippen LogP contribution is 2.12. The number of carbonyl (C=O) groups excluding carboxylic acids is 1. The van der Waals surface area contributed by atoms with E-state index in [4.69, 9.17) is 5.11 Å². The topological polar surface area (TPSA) is 91.3 Å². The van der Waals surface area contributed by atoms with Gasteiger partial charge in [0.25, 0.3) is 0 Å². The Hall–Kier alpha value is -2.11. The van der Waals surface area contributed by atoms with Gasteiger partial charge < -0.3 is 15.7 Å². The minimum atomic E-state index is -1.04. The molecule has 6 heteroatoms. The summed E-state index contributed by atoms with van der Waals surface area (Å²) in [4.78, 5) is 26.2. The van der Waals surface area contributed by atoms with E-state index in [-0.39, 0.29) is 17.5 Å². The van der Waals surface area contributed by atoms with E-state index in [0.717, 1.165) is 6.42 Å². The maximum Gasteiger partial charge on any atom is 0.339 e. The van der Waals surface area contributed by atoms with E-state index in [9.17, 15) is 9.59 Å². The van der Waals surface area contributed by atoms with Gasteiger partial charge in [-0.25, -0.2) is 4.79 Å². The zero-order valence-electron chi connectivity index (χ0n) is 11.1. The van der Waals surface area contributed by atoms with E-state index in [1.54, 1.807) is 6.07 Å². The molecular weight excluding hydrogens is 246 g/mol. The van der Waals surface area contributed by atoms with Gasteiger partial charge in [-0.2, -0.15) is 0 Å². The molecule has 0 saturated heterocycles. The van der Waals surface area contributed by atoms with Gasteiger partial charge >= 0.3 is 5.97 Å². The molecule has 6 nitrogen and oxygen atoms in total. The number of carboxylic acids is 1. The summed E-state index contributed by atoms with van der Waals surface area (Å²) in [6.07, 6.45) is 3.97. The third kappa shape index (κ3) is 4.95. The Balaban J connectivity index is 2.45. The molecule has 0 aliphatic rings. The first-order chi connectivity index (χ1) is 9.04. The van der Waals surface area contributed by atoms with E-state index >= 15 is 0 Å². The van der Waals surface area contributed by atoms with Crippen LogP contribution >= 0.6 is 0 Å². The summed E-state index contributed by atoms with van der Waals surface area (Å²) in [5, 5.41) is 14.7. The Kier molecular flexibility index (Phi) is 5.78. The van der Waals surface area contributed by atoms with Gasteiger partial charge in [0, 0.05) is 31.4 Å². The number of rotatable bonds is 7. The van der Waals surface area contributed by atoms with Gasteiger partial charge in [-0.3, -0.25) is 9.78 Å². The number of nitrogens with zero attached hydrogens (tertiary/aromatic N) is 1. The van der Waals surface area contributed by atoms with Crippen molar-refractivity contribution in [2.45, 2.75) is 32.7 Å². The molecule has 3 N–H and O–H groups in total. The normalized spacial score (nSPS) is 11.7. The first-order valence-electron chi connectivity index (χ1n) is 6.25. The van der Waals surface area contributed by atoms with E-state index in [1.807, 2.05) is 13.8 Å². The third-order valence-corrected chi connectivity index (χ3v) is 2.74. The van der Waals surface area contributed by atoms with Crippen molar-refractivity contribution in [3.8, 4) is 0 Å². The predicted octanol–water partition coefficient (Wildman–Crippen LogP) is 1.50. The molecule has 0 aliphatic heterocycles. The van der Waals surface area contributed by atoms with Gasteiger partial charge in [0.2, 0.25) is 5.91 Å². The van der Waals surface area contributed by atoms with Crippen LogP contribution in [0.3, 0.4) is 0 Å². The molecule has 0 saturated carbocycles. The molecule has 0 radical (unpaired) electrons. The summed E-state index contributed by atoms with van der Waals surface area (Å²) in [6.45, 7) is 4.32. The number of anilines is 1. The van der Waals surface area contributed by atoms with Crippen molar-refractivity contribution >= 4 is 17.6 Å². The molecule has 104 valence electrons. The summed E-state index contributed by atoms with van der Waals surface area (Å²) >= 11 is 0. The van der Waals surface area contributed by atoms with Crippen molar-refractivity contribution in [3.63, 3.8) is 0 Å². The highest BCUT2D eigenvalue weighted by molar-refractivity contribution is 5.93. The molecule has 1 rings (SSSR count). The van der Waals surface area contributed by atoms with Crippen molar-refractivity contribution in [1.82, 2.24) is 10.3 Å². The molecular formula is C13H19N3O3. The number of aromatic carboxylic acids is 1. The SMILES string of the molecule is CCC(C)NC(=O)CCNc1ccncc1C(=O)O. The van der Waals surface area contributed by atoms with E-state index in [2.05, 4.69) is 15.6 Å². The average Bonchev–Trinajstić information content (AvgIpc) is 2.38. The van der Waals surface area contributed by atoms with Crippen molar-refractivity contribution in [2.75, 3.05) is 11.9 Å². The molecule has 1 unspecified atom stereocenters. The van der Waals surface area contributed by atoms with Crippen LogP contribution in [0.1, 0.15) is 37.0 Å². The smallest absolute Gasteiger partial charge is 0.339 e. The van der Waals surface area contributed by atoms with Gasteiger partial charge in [-0.1, -0.05) is 6.92 Å². The van der Waals surface area contributed by atoms with Crippen LogP contribution in [-0.2, 0) is 4.79 Å². The molecule has 0 aliphatic carbocycles. The molecule has 1 aromatic rings. The van der Waals surface area contributed by atoms with Crippen LogP contribution in [0.2, 0.25) is 0 Å². The molecule has 1 heterocycles. The number of hydrogen-bond acceptors (Lipinski definition) is 4. The Morgan fingerprint density at radius 1 is 1.47 bits per heavy atom. The molecule has 19 heavy (non-hydrogen) atoms. The quantitative estimate of drug-likeness (QED) is 0.695. The summed E-state index contributed by atoms with van der Waals surface area (Å²) in [6, 6.07) is 1.73. The Morgan fingerprint density at radius 3 is 2.84 bits per heavy atom. The largest absolute Gasteiger partial charge is 0.478 e. The Bertz CT molecular complexity index is 449. The standard InChI is InChI=1S/C13H19N3O3/c1-3-9(2)16-12(17)5-7-15-11-4-6-14-8-10(11)13(18)19/h4,6,8-9H,3,5,7H2,1-2H3,(H,14,15)(H,16,17)(H,18,19). The lowest BCUT2D eigenvalue weighted by atomic mass is 10.2. The molecule has 1 atom stereocenters. The maximum absolute atomic E-state index is 11.5. The second-order valence-corrected chi connectivity index (χ2v) is 4.28. The second-order valence-electron chi connectivity index (χ2n) is 4.28. The third-order valence-electron chi connectivity index (χ3n) is 2.74. The molecule has 0 aromatic carbocycles. The van der Waals surface area contributed by atoms with E-state index in [0.29, 0.717) is 18.7 Å². The summed E-state index contributed by atoms with van der Waals surface area (Å²) in [7, 11) is 0. The fourth-order valence-electron chi connectivity index (χ4n) is 1.48. The Morgan fingerprint density at radius 2 is 2.21 bits per heavy atom. The second kappa shape index (κ2) is 7.35. The minimum absolute atomic E-state index is 0.0484. The van der Waals surface area contributed by atoms with Crippen LogP contribution in [0, 0.1) is 0 Å². The van der Waals surface area contributed by atoms with Crippen LogP contribution in [0.5, 0.6) is 0 Å². The van der Waals surface area contributed by atoms with Gasteiger partial charge in [0.05, 0.1) is 5.69 Å². The number of pyridine rings is 1. The van der Waals surface area contributed by atoms with E-state index in [1.165, 1.54) is 12.4 Å². The minimum Gasteiger partial charge on any atom is -0.478 e. The van der Waals surface area contributed by atoms with Crippen LogP contribution in [0.4, 0.5) is 5.69 Å². The van der Waals surface area contributed by atoms with Gasteiger partial charge in [-0.15, -0.1) is 0 Å². The number of aromatic nitrogens is 1. The van der Waals surface area contributed by atoms with Crippen LogP contribution in [-0.4, -0.2) is 34.6 Å². The average molecular weight is 265 g/mol. The lowest BCUT2D eigenvalue weighted by Crippen LogP contribution is -2.33. The molecule has 1 aromatic heterocycles. The highest BCUT2D eigenvalue weighted by Gasteiger charge is 2.10. The Labute approximate surface area is 112 Å². The molecule has 1 amide bonds. The summed E-state index contributed by atoms with van der Waals surface area (Å²) in [5.74, 6) is -1.09. The fraction of sp³-hybridized carbons (Fsp3) is 0.462. The highest BCUT2D eigenvalue weighted by atomic mass is 16.4. The van der Waals surface area contributed by atoms with Crippen molar-refractivity contribution in [3.05, 3.63) is 24.0 Å². The number of amides is 1.